The van der Waals surface area contributed by atoms with Crippen LogP contribution < -0.4 is 10.2 Å². The molecule has 1 N–H and O–H groups in total. The molecule has 150 valence electrons. The molecule has 1 aromatic heterocycles. The lowest BCUT2D eigenvalue weighted by Crippen LogP contribution is -2.49. The van der Waals surface area contributed by atoms with Crippen molar-refractivity contribution in [2.75, 3.05) is 37.6 Å². The van der Waals surface area contributed by atoms with Crippen LogP contribution >= 0.6 is 11.3 Å². The molecule has 27 heavy (non-hydrogen) atoms. The van der Waals surface area contributed by atoms with Gasteiger partial charge in [-0.05, 0) is 25.2 Å². The van der Waals surface area contributed by atoms with Crippen molar-refractivity contribution in [2.24, 2.45) is 17.8 Å². The Balaban J connectivity index is 1.57. The molecule has 0 radical (unpaired) electrons. The minimum atomic E-state index is 0.0579. The third-order valence-electron chi connectivity index (χ3n) is 5.34. The summed E-state index contributed by atoms with van der Waals surface area (Å²) in [5.74, 6) is 1.03. The Hall–Kier alpha value is -1.63. The number of rotatable bonds is 5. The predicted molar refractivity (Wildman–Crippen MR) is 109 cm³/mol. The van der Waals surface area contributed by atoms with Crippen molar-refractivity contribution in [1.82, 2.24) is 15.2 Å². The van der Waals surface area contributed by atoms with Crippen molar-refractivity contribution < 1.29 is 9.59 Å². The number of carbonyl (C=O) groups is 2. The zero-order chi connectivity index (χ0) is 19.6. The molecule has 2 amide bonds. The summed E-state index contributed by atoms with van der Waals surface area (Å²) < 4.78 is 0. The topological polar surface area (TPSA) is 65.5 Å². The standard InChI is InChI=1S/C20H32N4O2S/c1-13(2)12-21-18(25)15-5-6-16-17(11-15)27-20(22-16)24-9-7-23(8-10-24)19(26)14(3)4/h13-15H,5-12H2,1-4H3,(H,21,25)/t15-/m1/s1. The van der Waals surface area contributed by atoms with Crippen molar-refractivity contribution in [2.45, 2.75) is 47.0 Å². The van der Waals surface area contributed by atoms with E-state index in [0.29, 0.717) is 5.92 Å². The highest BCUT2D eigenvalue weighted by Gasteiger charge is 2.30. The first kappa shape index (κ1) is 20.1. The maximum atomic E-state index is 12.4. The number of aromatic nitrogens is 1. The molecule has 1 aliphatic carbocycles. The van der Waals surface area contributed by atoms with Crippen LogP contribution in [-0.4, -0.2) is 54.4 Å². The van der Waals surface area contributed by atoms with Gasteiger partial charge in [-0.2, -0.15) is 0 Å². The van der Waals surface area contributed by atoms with Crippen molar-refractivity contribution in [3.8, 4) is 0 Å². The largest absolute Gasteiger partial charge is 0.356 e. The zero-order valence-corrected chi connectivity index (χ0v) is 17.8. The van der Waals surface area contributed by atoms with Crippen molar-refractivity contribution >= 4 is 28.3 Å². The summed E-state index contributed by atoms with van der Waals surface area (Å²) >= 11 is 1.73. The van der Waals surface area contributed by atoms with E-state index in [1.807, 2.05) is 18.7 Å². The van der Waals surface area contributed by atoms with Crippen molar-refractivity contribution in [3.63, 3.8) is 0 Å². The molecule has 0 unspecified atom stereocenters. The molecule has 0 bridgehead atoms. The van der Waals surface area contributed by atoms with E-state index in [9.17, 15) is 9.59 Å². The average molecular weight is 393 g/mol. The van der Waals surface area contributed by atoms with Gasteiger partial charge in [0.05, 0.1) is 5.69 Å². The Kier molecular flexibility index (Phi) is 6.40. The Morgan fingerprint density at radius 1 is 1.19 bits per heavy atom. The molecule has 1 saturated heterocycles. The summed E-state index contributed by atoms with van der Waals surface area (Å²) in [4.78, 5) is 34.9. The molecule has 1 atom stereocenters. The van der Waals surface area contributed by atoms with Crippen LogP contribution in [0.5, 0.6) is 0 Å². The van der Waals surface area contributed by atoms with E-state index >= 15 is 0 Å². The fraction of sp³-hybridized carbons (Fsp3) is 0.750. The van der Waals surface area contributed by atoms with Gasteiger partial charge in [-0.25, -0.2) is 4.98 Å². The lowest BCUT2D eigenvalue weighted by Gasteiger charge is -2.35. The first-order valence-corrected chi connectivity index (χ1v) is 11.0. The number of hydrogen-bond acceptors (Lipinski definition) is 5. The number of anilines is 1. The smallest absolute Gasteiger partial charge is 0.225 e. The van der Waals surface area contributed by atoms with E-state index in [-0.39, 0.29) is 23.7 Å². The number of fused-ring (bicyclic) bond motifs is 1. The van der Waals surface area contributed by atoms with Crippen LogP contribution in [-0.2, 0) is 22.4 Å². The minimum absolute atomic E-state index is 0.0579. The molecule has 1 aromatic rings. The van der Waals surface area contributed by atoms with Gasteiger partial charge in [-0.1, -0.05) is 27.7 Å². The van der Waals surface area contributed by atoms with E-state index in [1.165, 1.54) is 10.6 Å². The fourth-order valence-electron chi connectivity index (χ4n) is 3.65. The van der Waals surface area contributed by atoms with Gasteiger partial charge in [-0.15, -0.1) is 11.3 Å². The summed E-state index contributed by atoms with van der Waals surface area (Å²) in [5.41, 5.74) is 1.17. The molecule has 2 heterocycles. The highest BCUT2D eigenvalue weighted by atomic mass is 32.1. The summed E-state index contributed by atoms with van der Waals surface area (Å²) in [5, 5.41) is 4.13. The normalized spacial score (nSPS) is 20.1. The molecule has 0 spiro atoms. The van der Waals surface area contributed by atoms with Gasteiger partial charge in [-0.3, -0.25) is 9.59 Å². The van der Waals surface area contributed by atoms with Crippen LogP contribution in [0.1, 0.15) is 44.7 Å². The van der Waals surface area contributed by atoms with Gasteiger partial charge in [0, 0.05) is 49.4 Å². The summed E-state index contributed by atoms with van der Waals surface area (Å²) in [7, 11) is 0. The average Bonchev–Trinajstić information content (AvgIpc) is 3.08. The van der Waals surface area contributed by atoms with Gasteiger partial charge in [0.15, 0.2) is 5.13 Å². The lowest BCUT2D eigenvalue weighted by molar-refractivity contribution is -0.134. The lowest BCUT2D eigenvalue weighted by atomic mass is 9.90. The summed E-state index contributed by atoms with van der Waals surface area (Å²) in [6.45, 7) is 12.1. The molecular formula is C20H32N4O2S. The summed E-state index contributed by atoms with van der Waals surface area (Å²) in [6, 6.07) is 0. The minimum Gasteiger partial charge on any atom is -0.356 e. The van der Waals surface area contributed by atoms with E-state index < -0.39 is 0 Å². The number of carbonyl (C=O) groups excluding carboxylic acids is 2. The quantitative estimate of drug-likeness (QED) is 0.835. The van der Waals surface area contributed by atoms with Crippen molar-refractivity contribution in [1.29, 1.82) is 0 Å². The molecule has 1 aliphatic heterocycles. The van der Waals surface area contributed by atoms with Gasteiger partial charge < -0.3 is 15.1 Å². The fourth-order valence-corrected chi connectivity index (χ4v) is 4.89. The maximum Gasteiger partial charge on any atom is 0.225 e. The molecular weight excluding hydrogens is 360 g/mol. The molecule has 0 saturated carbocycles. The van der Waals surface area contributed by atoms with E-state index in [1.54, 1.807) is 11.3 Å². The van der Waals surface area contributed by atoms with Crippen molar-refractivity contribution in [3.05, 3.63) is 10.6 Å². The number of piperazine rings is 1. The van der Waals surface area contributed by atoms with Gasteiger partial charge in [0.1, 0.15) is 0 Å². The number of thiazole rings is 1. The van der Waals surface area contributed by atoms with Crippen LogP contribution in [0.4, 0.5) is 5.13 Å². The number of amides is 2. The maximum absolute atomic E-state index is 12.4. The predicted octanol–water partition coefficient (Wildman–Crippen LogP) is 2.32. The molecule has 3 rings (SSSR count). The highest BCUT2D eigenvalue weighted by molar-refractivity contribution is 7.15. The second-order valence-electron chi connectivity index (χ2n) is 8.41. The van der Waals surface area contributed by atoms with Gasteiger partial charge in [0.25, 0.3) is 0 Å². The number of aryl methyl sites for hydroxylation is 1. The molecule has 0 aromatic carbocycles. The van der Waals surface area contributed by atoms with E-state index in [4.69, 9.17) is 4.98 Å². The molecule has 1 fully saturated rings. The Bertz CT molecular complexity index is 678. The molecule has 2 aliphatic rings. The van der Waals surface area contributed by atoms with Crippen LogP contribution in [0.25, 0.3) is 0 Å². The second-order valence-corrected chi connectivity index (χ2v) is 9.47. The van der Waals surface area contributed by atoms with Crippen LogP contribution in [0.15, 0.2) is 0 Å². The van der Waals surface area contributed by atoms with E-state index in [2.05, 4.69) is 24.1 Å². The SMILES string of the molecule is CC(C)CNC(=O)[C@@H]1CCc2nc(N3CCN(C(=O)C(C)C)CC3)sc2C1. The Morgan fingerprint density at radius 2 is 1.89 bits per heavy atom. The van der Waals surface area contributed by atoms with Crippen LogP contribution in [0.2, 0.25) is 0 Å². The second kappa shape index (κ2) is 8.59. The van der Waals surface area contributed by atoms with Crippen LogP contribution in [0, 0.1) is 17.8 Å². The molecule has 6 nitrogen and oxygen atoms in total. The first-order valence-electron chi connectivity index (χ1n) is 10.1. The highest BCUT2D eigenvalue weighted by Crippen LogP contribution is 2.34. The monoisotopic (exact) mass is 392 g/mol. The first-order chi connectivity index (χ1) is 12.8. The number of nitrogens with zero attached hydrogens (tertiary/aromatic N) is 3. The number of hydrogen-bond donors (Lipinski definition) is 1. The summed E-state index contributed by atoms with van der Waals surface area (Å²) in [6.07, 6.45) is 2.58. The van der Waals surface area contributed by atoms with Crippen LogP contribution in [0.3, 0.4) is 0 Å². The van der Waals surface area contributed by atoms with E-state index in [0.717, 1.165) is 57.1 Å². The number of nitrogens with one attached hydrogen (secondary N) is 1. The third kappa shape index (κ3) is 4.81. The van der Waals surface area contributed by atoms with Gasteiger partial charge in [0.2, 0.25) is 11.8 Å². The van der Waals surface area contributed by atoms with Gasteiger partial charge >= 0.3 is 0 Å². The Labute approximate surface area is 166 Å². The third-order valence-corrected chi connectivity index (χ3v) is 6.52. The zero-order valence-electron chi connectivity index (χ0n) is 17.0. The molecule has 7 heteroatoms. The Morgan fingerprint density at radius 3 is 2.52 bits per heavy atom.